The maximum absolute atomic E-state index is 11.7. The van der Waals surface area contributed by atoms with Crippen LogP contribution in [0.15, 0.2) is 24.3 Å². The van der Waals surface area contributed by atoms with Crippen molar-refractivity contribution in [3.05, 3.63) is 29.3 Å². The Hall–Kier alpha value is -1.30. The Morgan fingerprint density at radius 3 is 2.70 bits per heavy atom. The first-order chi connectivity index (χ1) is 9.74. The number of halogens is 1. The lowest BCUT2D eigenvalue weighted by atomic mass is 10.3. The number of nitrogens with zero attached hydrogens (tertiary/aromatic N) is 1. The zero-order valence-corrected chi connectivity index (χ0v) is 12.2. The molecule has 1 aromatic rings. The third-order valence-electron chi connectivity index (χ3n) is 3.08. The summed E-state index contributed by atoms with van der Waals surface area (Å²) in [6.07, 6.45) is 0. The van der Waals surface area contributed by atoms with E-state index < -0.39 is 0 Å². The van der Waals surface area contributed by atoms with E-state index in [9.17, 15) is 4.79 Å². The van der Waals surface area contributed by atoms with E-state index in [1.54, 1.807) is 12.1 Å². The van der Waals surface area contributed by atoms with Crippen LogP contribution in [0.2, 0.25) is 5.02 Å². The van der Waals surface area contributed by atoms with Gasteiger partial charge in [0.15, 0.2) is 0 Å². The van der Waals surface area contributed by atoms with E-state index in [-0.39, 0.29) is 5.91 Å². The number of hydrogen-bond acceptors (Lipinski definition) is 4. The number of benzene rings is 1. The fourth-order valence-electron chi connectivity index (χ4n) is 2.02. The number of amides is 1. The molecule has 0 aromatic heterocycles. The second kappa shape index (κ2) is 8.09. The molecule has 110 valence electrons. The van der Waals surface area contributed by atoms with Crippen LogP contribution in [0.5, 0.6) is 5.75 Å². The first kappa shape index (κ1) is 15.1. The summed E-state index contributed by atoms with van der Waals surface area (Å²) >= 11 is 5.79. The summed E-state index contributed by atoms with van der Waals surface area (Å²) in [6.45, 7) is 5.18. The fraction of sp³-hybridized carbons (Fsp3) is 0.500. The van der Waals surface area contributed by atoms with E-state index in [2.05, 4.69) is 15.5 Å². The minimum absolute atomic E-state index is 0.0478. The second-order valence-corrected chi connectivity index (χ2v) is 5.11. The Bertz CT molecular complexity index is 419. The molecule has 0 atom stereocenters. The molecule has 1 aliphatic heterocycles. The molecule has 0 radical (unpaired) electrons. The molecule has 2 rings (SSSR count). The Labute approximate surface area is 124 Å². The molecule has 1 aliphatic rings. The van der Waals surface area contributed by atoms with Gasteiger partial charge < -0.3 is 15.4 Å². The lowest BCUT2D eigenvalue weighted by Crippen LogP contribution is -2.47. The molecule has 0 saturated carbocycles. The smallest absolute Gasteiger partial charge is 0.234 e. The summed E-state index contributed by atoms with van der Waals surface area (Å²) < 4.78 is 5.50. The van der Waals surface area contributed by atoms with Gasteiger partial charge in [-0.3, -0.25) is 9.69 Å². The molecule has 1 fully saturated rings. The highest BCUT2D eigenvalue weighted by Crippen LogP contribution is 2.14. The van der Waals surface area contributed by atoms with Crippen LogP contribution in [0.4, 0.5) is 0 Å². The number of carbonyl (C=O) groups is 1. The van der Waals surface area contributed by atoms with Gasteiger partial charge in [-0.2, -0.15) is 0 Å². The molecule has 1 aromatic carbocycles. The largest absolute Gasteiger partial charge is 0.492 e. The van der Waals surface area contributed by atoms with E-state index in [4.69, 9.17) is 16.3 Å². The first-order valence-electron chi connectivity index (χ1n) is 6.82. The third kappa shape index (κ3) is 5.36. The summed E-state index contributed by atoms with van der Waals surface area (Å²) in [7, 11) is 0. The normalized spacial score (nSPS) is 15.8. The Balaban J connectivity index is 1.58. The highest BCUT2D eigenvalue weighted by atomic mass is 35.5. The number of carbonyl (C=O) groups excluding carboxylic acids is 1. The van der Waals surface area contributed by atoms with Gasteiger partial charge in [0.1, 0.15) is 12.4 Å². The number of ether oxygens (including phenoxy) is 1. The lowest BCUT2D eigenvalue weighted by Gasteiger charge is -2.26. The molecule has 1 heterocycles. The highest BCUT2D eigenvalue weighted by molar-refractivity contribution is 6.30. The molecule has 0 bridgehead atoms. The van der Waals surface area contributed by atoms with Crippen LogP contribution >= 0.6 is 11.6 Å². The van der Waals surface area contributed by atoms with E-state index in [1.807, 2.05) is 12.1 Å². The summed E-state index contributed by atoms with van der Waals surface area (Å²) in [5.74, 6) is 0.803. The minimum atomic E-state index is 0.0478. The van der Waals surface area contributed by atoms with Crippen molar-refractivity contribution in [3.63, 3.8) is 0 Å². The Morgan fingerprint density at radius 1 is 1.30 bits per heavy atom. The van der Waals surface area contributed by atoms with Crippen molar-refractivity contribution >= 4 is 17.5 Å². The summed E-state index contributed by atoms with van der Waals surface area (Å²) in [4.78, 5) is 13.9. The minimum Gasteiger partial charge on any atom is -0.492 e. The van der Waals surface area contributed by atoms with Crippen LogP contribution in [0.3, 0.4) is 0 Å². The monoisotopic (exact) mass is 297 g/mol. The van der Waals surface area contributed by atoms with Gasteiger partial charge in [0.2, 0.25) is 5.91 Å². The van der Waals surface area contributed by atoms with Crippen molar-refractivity contribution in [2.75, 3.05) is 45.9 Å². The molecule has 0 unspecified atom stereocenters. The van der Waals surface area contributed by atoms with Crippen LogP contribution < -0.4 is 15.4 Å². The van der Waals surface area contributed by atoms with Crippen LogP contribution in [-0.2, 0) is 4.79 Å². The van der Waals surface area contributed by atoms with E-state index >= 15 is 0 Å². The van der Waals surface area contributed by atoms with Gasteiger partial charge in [0, 0.05) is 31.2 Å². The SMILES string of the molecule is O=C(CN1CCNCC1)NCCOc1ccc(Cl)cc1. The van der Waals surface area contributed by atoms with Gasteiger partial charge in [-0.1, -0.05) is 11.6 Å². The van der Waals surface area contributed by atoms with Gasteiger partial charge >= 0.3 is 0 Å². The predicted octanol–water partition coefficient (Wildman–Crippen LogP) is 0.740. The van der Waals surface area contributed by atoms with Crippen molar-refractivity contribution in [2.24, 2.45) is 0 Å². The summed E-state index contributed by atoms with van der Waals surface area (Å²) in [5.41, 5.74) is 0. The molecule has 5 nitrogen and oxygen atoms in total. The maximum atomic E-state index is 11.7. The van der Waals surface area contributed by atoms with E-state index in [0.29, 0.717) is 24.7 Å². The topological polar surface area (TPSA) is 53.6 Å². The first-order valence-corrected chi connectivity index (χ1v) is 7.20. The van der Waals surface area contributed by atoms with Gasteiger partial charge in [-0.05, 0) is 24.3 Å². The molecule has 1 amide bonds. The zero-order valence-electron chi connectivity index (χ0n) is 11.4. The lowest BCUT2D eigenvalue weighted by molar-refractivity contribution is -0.122. The molecular formula is C14H20ClN3O2. The Kier molecular flexibility index (Phi) is 6.11. The van der Waals surface area contributed by atoms with Gasteiger partial charge in [-0.25, -0.2) is 0 Å². The van der Waals surface area contributed by atoms with Crippen LogP contribution in [0, 0.1) is 0 Å². The molecule has 6 heteroatoms. The summed E-state index contributed by atoms with van der Waals surface area (Å²) in [5, 5.41) is 6.80. The number of hydrogen-bond donors (Lipinski definition) is 2. The van der Waals surface area contributed by atoms with Crippen molar-refractivity contribution in [2.45, 2.75) is 0 Å². The third-order valence-corrected chi connectivity index (χ3v) is 3.34. The van der Waals surface area contributed by atoms with Crippen molar-refractivity contribution in [3.8, 4) is 5.75 Å². The van der Waals surface area contributed by atoms with Crippen molar-refractivity contribution in [1.29, 1.82) is 0 Å². The van der Waals surface area contributed by atoms with Crippen LogP contribution in [0.25, 0.3) is 0 Å². The van der Waals surface area contributed by atoms with Gasteiger partial charge in [0.25, 0.3) is 0 Å². The molecule has 20 heavy (non-hydrogen) atoms. The molecule has 2 N–H and O–H groups in total. The quantitative estimate of drug-likeness (QED) is 0.761. The van der Waals surface area contributed by atoms with Gasteiger partial charge in [-0.15, -0.1) is 0 Å². The standard InChI is InChI=1S/C14H20ClN3O2/c15-12-1-3-13(4-2-12)20-10-7-17-14(19)11-18-8-5-16-6-9-18/h1-4,16H,5-11H2,(H,17,19). The van der Waals surface area contributed by atoms with Crippen molar-refractivity contribution < 1.29 is 9.53 Å². The highest BCUT2D eigenvalue weighted by Gasteiger charge is 2.12. The zero-order chi connectivity index (χ0) is 14.2. The van der Waals surface area contributed by atoms with E-state index in [0.717, 1.165) is 31.9 Å². The maximum Gasteiger partial charge on any atom is 0.234 e. The molecule has 0 spiro atoms. The number of nitrogens with one attached hydrogen (secondary N) is 2. The van der Waals surface area contributed by atoms with Crippen molar-refractivity contribution in [1.82, 2.24) is 15.5 Å². The molecule has 0 aliphatic carbocycles. The second-order valence-electron chi connectivity index (χ2n) is 4.68. The average Bonchev–Trinajstić information content (AvgIpc) is 2.46. The number of piperazine rings is 1. The van der Waals surface area contributed by atoms with Gasteiger partial charge in [0.05, 0.1) is 13.1 Å². The fourth-order valence-corrected chi connectivity index (χ4v) is 2.14. The average molecular weight is 298 g/mol. The molecule has 1 saturated heterocycles. The Morgan fingerprint density at radius 2 is 2.00 bits per heavy atom. The van der Waals surface area contributed by atoms with Crippen LogP contribution in [-0.4, -0.2) is 56.7 Å². The number of rotatable bonds is 6. The molecular weight excluding hydrogens is 278 g/mol. The summed E-state index contributed by atoms with van der Waals surface area (Å²) in [6, 6.07) is 7.18. The van der Waals surface area contributed by atoms with Crippen LogP contribution in [0.1, 0.15) is 0 Å². The van der Waals surface area contributed by atoms with E-state index in [1.165, 1.54) is 0 Å². The predicted molar refractivity (Wildman–Crippen MR) is 79.3 cm³/mol.